The third kappa shape index (κ3) is 15.8. The fourth-order valence-corrected chi connectivity index (χ4v) is 8.82. The predicted octanol–water partition coefficient (Wildman–Crippen LogP) is 10.8. The maximum Gasteiger partial charge on any atom is 0.335 e. The Labute approximate surface area is 447 Å². The summed E-state index contributed by atoms with van der Waals surface area (Å²) in [6.07, 6.45) is 13.6. The number of carbonyl (C=O) groups is 4. The van der Waals surface area contributed by atoms with Crippen molar-refractivity contribution in [1.82, 2.24) is 20.2 Å². The summed E-state index contributed by atoms with van der Waals surface area (Å²) in [7, 11) is 0. The van der Waals surface area contributed by atoms with Gasteiger partial charge < -0.3 is 45.1 Å². The summed E-state index contributed by atoms with van der Waals surface area (Å²) in [6.45, 7) is 10.6. The van der Waals surface area contributed by atoms with E-state index >= 15 is 0 Å². The number of aromatic carboxylic acids is 1. The largest absolute Gasteiger partial charge is 0.478 e. The second-order valence-electron chi connectivity index (χ2n) is 18.9. The summed E-state index contributed by atoms with van der Waals surface area (Å²) in [6, 6.07) is 33.7. The normalized spacial score (nSPS) is 13.9. The second-order valence-corrected chi connectivity index (χ2v) is 18.9. The molecule has 0 unspecified atom stereocenters. The van der Waals surface area contributed by atoms with Gasteiger partial charge in [-0.25, -0.2) is 14.8 Å². The van der Waals surface area contributed by atoms with Gasteiger partial charge in [-0.2, -0.15) is 0 Å². The number of hydrogen-bond donors (Lipinski definition) is 4. The number of hydrogen-bond acceptors (Lipinski definition) is 13. The first-order chi connectivity index (χ1) is 37.3. The van der Waals surface area contributed by atoms with Gasteiger partial charge in [0.1, 0.15) is 34.3 Å². The minimum atomic E-state index is -0.947. The number of nitrogens with two attached hydrogens (primary N) is 2. The van der Waals surface area contributed by atoms with E-state index in [0.29, 0.717) is 62.6 Å². The van der Waals surface area contributed by atoms with Crippen LogP contribution in [0.15, 0.2) is 143 Å². The molecule has 2 aliphatic heterocycles. The minimum Gasteiger partial charge on any atom is -0.478 e. The number of ether oxygens (including phenoxy) is 2. The number of anilines is 2. The molecule has 6 N–H and O–H groups in total. The zero-order valence-corrected chi connectivity index (χ0v) is 43.5. The van der Waals surface area contributed by atoms with Crippen molar-refractivity contribution >= 4 is 69.2 Å². The average molecular weight is 1040 g/mol. The lowest BCUT2D eigenvalue weighted by molar-refractivity contribution is -0.115. The number of rotatable bonds is 14. The number of nitrogen functional groups attached to an aromatic ring is 2. The number of carbonyl (C=O) groups excluding carboxylic acids is 3. The van der Waals surface area contributed by atoms with Crippen LogP contribution in [0.4, 0.5) is 11.6 Å². The number of nitrogens with zero attached hydrogens (tertiary/aromatic N) is 3. The first-order valence-corrected chi connectivity index (χ1v) is 25.9. The molecule has 0 aliphatic carbocycles. The molecule has 10 rings (SSSR count). The number of carboxylic acid groups (broad SMARTS) is 1. The Bertz CT molecular complexity index is 3330. The molecule has 0 radical (unpaired) electrons. The van der Waals surface area contributed by atoms with Crippen molar-refractivity contribution in [1.29, 1.82) is 0 Å². The highest BCUT2D eigenvalue weighted by Gasteiger charge is 2.18. The van der Waals surface area contributed by atoms with Crippen LogP contribution in [0.3, 0.4) is 0 Å². The summed E-state index contributed by atoms with van der Waals surface area (Å²) < 4.78 is 22.7. The Morgan fingerprint density at radius 1 is 0.584 bits per heavy atom. The molecule has 4 aromatic carbocycles. The van der Waals surface area contributed by atoms with Crippen LogP contribution in [0.5, 0.6) is 0 Å². The molecule has 2 saturated heterocycles. The number of allylic oxidation sites excluding steroid dienone is 2. The molecule has 2 fully saturated rings. The number of aromatic nitrogens is 2. The zero-order chi connectivity index (χ0) is 54.1. The van der Waals surface area contributed by atoms with Gasteiger partial charge in [0, 0.05) is 87.3 Å². The smallest absolute Gasteiger partial charge is 0.335 e. The van der Waals surface area contributed by atoms with E-state index in [1.54, 1.807) is 79.2 Å². The Hall–Kier alpha value is -8.50. The summed E-state index contributed by atoms with van der Waals surface area (Å²) in [4.78, 5) is 58.4. The maximum absolute atomic E-state index is 12.9. The average Bonchev–Trinajstić information content (AvgIpc) is 3.79. The van der Waals surface area contributed by atoms with Crippen molar-refractivity contribution in [2.45, 2.75) is 52.4 Å². The van der Waals surface area contributed by atoms with Gasteiger partial charge >= 0.3 is 5.97 Å². The number of furan rings is 2. The third-order valence-electron chi connectivity index (χ3n) is 13.0. The summed E-state index contributed by atoms with van der Waals surface area (Å²) in [5.41, 5.74) is 21.4. The molecule has 396 valence electrons. The van der Waals surface area contributed by atoms with Gasteiger partial charge in [0.25, 0.3) is 5.91 Å². The van der Waals surface area contributed by atoms with E-state index in [-0.39, 0.29) is 23.0 Å². The van der Waals surface area contributed by atoms with E-state index < -0.39 is 5.97 Å². The molecular weight excluding hydrogens is 973 g/mol. The molecule has 1 amide bonds. The quantitative estimate of drug-likeness (QED) is 0.0744. The SMILES string of the molecule is C1CNCCOC1.Cc1cc(-c2ccc(C(=O)N3CCCOCC3)cc2)cc2cc(CCC(=O)/C=C/c3ccc(N)nc3)oc12.Cc1cc(-c2ccc(C(=O)O)cc2)cc2cc(CCC(=O)/C=C/c3ccc(N)nc3)oc12. The molecule has 0 saturated carbocycles. The standard InChI is InChI=1S/C31H31N3O4.C26H22N2O4.C5H11NO/c1-21-17-25(23-5-7-24(8-6-23)31(36)34-13-2-15-37-16-14-34)18-26-19-28(38-30(21)26)11-10-27(35)9-3-22-4-12-29(32)33-20-22;1-16-12-20(18-4-6-19(7-5-18)26(30)31)13-21-14-23(32-25(16)21)10-9-22(29)8-2-17-3-11-24(27)28-15-17;1-2-6-3-5-7-4-1/h3-9,12,17-20H,2,10-11,13-16H2,1H3,(H2,32,33);2-8,11-15H,9-10H2,1H3,(H2,27,28)(H,30,31);6H,1-5H2/b9-3+;8-2+;. The van der Waals surface area contributed by atoms with Crippen molar-refractivity contribution in [3.8, 4) is 22.3 Å². The Morgan fingerprint density at radius 3 is 1.60 bits per heavy atom. The number of benzene rings is 4. The molecule has 15 heteroatoms. The van der Waals surface area contributed by atoms with E-state index in [1.807, 2.05) is 73.3 Å². The Morgan fingerprint density at radius 2 is 1.09 bits per heavy atom. The number of pyridine rings is 2. The molecule has 8 aromatic rings. The van der Waals surface area contributed by atoms with E-state index in [9.17, 15) is 19.2 Å². The van der Waals surface area contributed by atoms with Gasteiger partial charge in [0.05, 0.1) is 18.8 Å². The van der Waals surface area contributed by atoms with Crippen LogP contribution in [0.25, 0.3) is 56.3 Å². The number of aryl methyl sites for hydroxylation is 4. The maximum atomic E-state index is 12.9. The second kappa shape index (κ2) is 26.8. The first kappa shape index (κ1) is 54.8. The van der Waals surface area contributed by atoms with Crippen LogP contribution in [0, 0.1) is 13.8 Å². The van der Waals surface area contributed by atoms with Gasteiger partial charge in [0.2, 0.25) is 0 Å². The summed E-state index contributed by atoms with van der Waals surface area (Å²) >= 11 is 0. The highest BCUT2D eigenvalue weighted by Crippen LogP contribution is 2.32. The van der Waals surface area contributed by atoms with Gasteiger partial charge in [-0.15, -0.1) is 0 Å². The lowest BCUT2D eigenvalue weighted by Crippen LogP contribution is -2.33. The van der Waals surface area contributed by atoms with Crippen LogP contribution < -0.4 is 16.8 Å². The molecular formula is C62H64N6O9. The fourth-order valence-electron chi connectivity index (χ4n) is 8.82. The van der Waals surface area contributed by atoms with Crippen molar-refractivity contribution in [2.75, 3.05) is 64.1 Å². The first-order valence-electron chi connectivity index (χ1n) is 25.9. The van der Waals surface area contributed by atoms with E-state index in [1.165, 1.54) is 6.42 Å². The molecule has 15 nitrogen and oxygen atoms in total. The van der Waals surface area contributed by atoms with Crippen LogP contribution in [-0.4, -0.2) is 96.0 Å². The van der Waals surface area contributed by atoms with E-state index in [4.69, 9.17) is 34.9 Å². The van der Waals surface area contributed by atoms with Gasteiger partial charge in [-0.05, 0) is 187 Å². The molecule has 0 spiro atoms. The van der Waals surface area contributed by atoms with Crippen molar-refractivity contribution in [2.24, 2.45) is 0 Å². The van der Waals surface area contributed by atoms with E-state index in [2.05, 4.69) is 27.4 Å². The lowest BCUT2D eigenvalue weighted by atomic mass is 9.99. The van der Waals surface area contributed by atoms with E-state index in [0.717, 1.165) is 117 Å². The van der Waals surface area contributed by atoms with Gasteiger partial charge in [-0.3, -0.25) is 14.4 Å². The van der Waals surface area contributed by atoms with Gasteiger partial charge in [-0.1, -0.05) is 24.3 Å². The van der Waals surface area contributed by atoms with Crippen LogP contribution in [0.1, 0.15) is 80.2 Å². The highest BCUT2D eigenvalue weighted by atomic mass is 16.5. The fraction of sp³-hybridized carbons (Fsp3) is 0.258. The van der Waals surface area contributed by atoms with Crippen LogP contribution >= 0.6 is 0 Å². The summed E-state index contributed by atoms with van der Waals surface area (Å²) in [5.74, 6) is 1.52. The monoisotopic (exact) mass is 1040 g/mol. The topological polar surface area (TPSA) is 226 Å². The number of carboxylic acids is 1. The predicted molar refractivity (Wildman–Crippen MR) is 301 cm³/mol. The molecule has 4 aromatic heterocycles. The molecule has 0 atom stereocenters. The number of ketones is 2. The Kier molecular flexibility index (Phi) is 19.1. The van der Waals surface area contributed by atoms with Crippen molar-refractivity contribution in [3.63, 3.8) is 0 Å². The summed E-state index contributed by atoms with van der Waals surface area (Å²) in [5, 5.41) is 14.2. The molecule has 6 heterocycles. The molecule has 77 heavy (non-hydrogen) atoms. The molecule has 2 aliphatic rings. The van der Waals surface area contributed by atoms with Crippen molar-refractivity contribution < 1.29 is 42.6 Å². The lowest BCUT2D eigenvalue weighted by Gasteiger charge is -2.19. The minimum absolute atomic E-state index is 0.00166. The third-order valence-corrected chi connectivity index (χ3v) is 13.0. The Balaban J connectivity index is 0.000000182. The zero-order valence-electron chi connectivity index (χ0n) is 43.5. The van der Waals surface area contributed by atoms with Gasteiger partial charge in [0.15, 0.2) is 11.6 Å². The highest BCUT2D eigenvalue weighted by molar-refractivity contribution is 5.96. The van der Waals surface area contributed by atoms with Crippen LogP contribution in [0.2, 0.25) is 0 Å². The van der Waals surface area contributed by atoms with Crippen LogP contribution in [-0.2, 0) is 31.9 Å². The number of fused-ring (bicyclic) bond motifs is 2. The number of amides is 1. The van der Waals surface area contributed by atoms with Crippen molar-refractivity contribution in [3.05, 3.63) is 179 Å². The molecule has 0 bridgehead atoms. The number of nitrogens with one attached hydrogen (secondary N) is 1.